The SMILES string of the molecule is [N-]=[N+]=C(S(=O)(=O)c1cccc(F)c1)S(=O)(=O)C1CCCCC1. The lowest BCUT2D eigenvalue weighted by Crippen LogP contribution is -2.35. The van der Waals surface area contributed by atoms with E-state index in [4.69, 9.17) is 5.53 Å². The Labute approximate surface area is 128 Å². The molecule has 0 unspecified atom stereocenters. The Morgan fingerprint density at radius 3 is 2.32 bits per heavy atom. The average Bonchev–Trinajstić information content (AvgIpc) is 2.48. The van der Waals surface area contributed by atoms with Crippen LogP contribution in [0, 0.1) is 5.82 Å². The zero-order chi connectivity index (χ0) is 16.4. The van der Waals surface area contributed by atoms with Crippen LogP contribution in [0.25, 0.3) is 5.53 Å². The van der Waals surface area contributed by atoms with Crippen LogP contribution in [0.1, 0.15) is 32.1 Å². The van der Waals surface area contributed by atoms with Gasteiger partial charge in [0.2, 0.25) is 0 Å². The van der Waals surface area contributed by atoms with Gasteiger partial charge in [-0.05, 0) is 31.0 Å². The Balaban J connectivity index is 2.50. The summed E-state index contributed by atoms with van der Waals surface area (Å²) in [7, 11) is -8.91. The van der Waals surface area contributed by atoms with Crippen molar-refractivity contribution in [3.63, 3.8) is 0 Å². The predicted molar refractivity (Wildman–Crippen MR) is 78.0 cm³/mol. The summed E-state index contributed by atoms with van der Waals surface area (Å²) in [6, 6.07) is 3.92. The highest BCUT2D eigenvalue weighted by atomic mass is 32.3. The van der Waals surface area contributed by atoms with Crippen LogP contribution in [0.15, 0.2) is 29.2 Å². The molecule has 0 saturated heterocycles. The summed E-state index contributed by atoms with van der Waals surface area (Å²) in [6.45, 7) is 0. The largest absolute Gasteiger partial charge is 0.499 e. The van der Waals surface area contributed by atoms with Gasteiger partial charge in [-0.3, -0.25) is 0 Å². The molecule has 0 heterocycles. The van der Waals surface area contributed by atoms with Gasteiger partial charge in [0.1, 0.15) is 5.82 Å². The van der Waals surface area contributed by atoms with Gasteiger partial charge in [0.25, 0.3) is 19.7 Å². The molecule has 6 nitrogen and oxygen atoms in total. The maximum absolute atomic E-state index is 13.2. The van der Waals surface area contributed by atoms with Crippen LogP contribution >= 0.6 is 0 Å². The van der Waals surface area contributed by atoms with E-state index in [1.54, 1.807) is 0 Å². The lowest BCUT2D eigenvalue weighted by molar-refractivity contribution is 0.00370. The molecule has 0 aliphatic heterocycles. The maximum Gasteiger partial charge on any atom is 0.499 e. The molecule has 1 aliphatic carbocycles. The molecule has 0 spiro atoms. The first-order valence-electron chi connectivity index (χ1n) is 6.77. The molecule has 0 bridgehead atoms. The van der Waals surface area contributed by atoms with Gasteiger partial charge in [0, 0.05) is 0 Å². The Kier molecular flexibility index (Phi) is 4.79. The minimum absolute atomic E-state index is 0.319. The first kappa shape index (κ1) is 16.8. The summed E-state index contributed by atoms with van der Waals surface area (Å²) in [4.78, 5) is 1.98. The lowest BCUT2D eigenvalue weighted by atomic mass is 10.0. The Bertz CT molecular complexity index is 821. The normalized spacial score (nSPS) is 17.0. The molecule has 0 radical (unpaired) electrons. The quantitative estimate of drug-likeness (QED) is 0.353. The molecule has 120 valence electrons. The number of hydrogen-bond donors (Lipinski definition) is 0. The Morgan fingerprint density at radius 2 is 1.77 bits per heavy atom. The molecule has 1 saturated carbocycles. The molecule has 0 atom stereocenters. The van der Waals surface area contributed by atoms with E-state index in [0.29, 0.717) is 31.7 Å². The smallest absolute Gasteiger partial charge is 0.359 e. The van der Waals surface area contributed by atoms with Gasteiger partial charge in [-0.2, -0.15) is 0 Å². The molecule has 22 heavy (non-hydrogen) atoms. The van der Waals surface area contributed by atoms with Crippen molar-refractivity contribution in [3.05, 3.63) is 35.6 Å². The van der Waals surface area contributed by atoms with Crippen molar-refractivity contribution in [2.24, 2.45) is 0 Å². The van der Waals surface area contributed by atoms with Crippen molar-refractivity contribution >= 4 is 24.1 Å². The summed E-state index contributed by atoms with van der Waals surface area (Å²) in [6.07, 6.45) is 2.86. The van der Waals surface area contributed by atoms with E-state index in [2.05, 4.69) is 4.79 Å². The molecular formula is C13H15FN2O4S2. The highest BCUT2D eigenvalue weighted by molar-refractivity contribution is 8.31. The summed E-state index contributed by atoms with van der Waals surface area (Å²) in [5.41, 5.74) is 8.99. The molecule has 9 heteroatoms. The number of benzene rings is 1. The fraction of sp³-hybridized carbons (Fsp3) is 0.462. The summed E-state index contributed by atoms with van der Waals surface area (Å²) in [5, 5.41) is -0.893. The van der Waals surface area contributed by atoms with Crippen LogP contribution in [0.2, 0.25) is 0 Å². The van der Waals surface area contributed by atoms with Gasteiger partial charge in [-0.1, -0.05) is 25.3 Å². The zero-order valence-electron chi connectivity index (χ0n) is 11.6. The zero-order valence-corrected chi connectivity index (χ0v) is 13.3. The molecule has 0 N–H and O–H groups in total. The maximum atomic E-state index is 13.2. The van der Waals surface area contributed by atoms with Gasteiger partial charge in [0.05, 0.1) is 10.1 Å². The minimum Gasteiger partial charge on any atom is -0.359 e. The third-order valence-corrected chi connectivity index (χ3v) is 8.34. The third kappa shape index (κ3) is 3.11. The van der Waals surface area contributed by atoms with E-state index in [1.807, 2.05) is 0 Å². The fourth-order valence-electron chi connectivity index (χ4n) is 2.52. The molecule has 1 aliphatic rings. The lowest BCUT2D eigenvalue weighted by Gasteiger charge is -2.19. The Morgan fingerprint density at radius 1 is 1.14 bits per heavy atom. The Hall–Kier alpha value is -1.57. The molecular weight excluding hydrogens is 331 g/mol. The first-order valence-corrected chi connectivity index (χ1v) is 9.79. The van der Waals surface area contributed by atoms with Crippen LogP contribution in [0.5, 0.6) is 0 Å². The van der Waals surface area contributed by atoms with Crippen LogP contribution in [-0.4, -0.2) is 31.3 Å². The third-order valence-electron chi connectivity index (χ3n) is 3.65. The van der Waals surface area contributed by atoms with Crippen molar-refractivity contribution in [1.29, 1.82) is 0 Å². The van der Waals surface area contributed by atoms with Crippen LogP contribution in [0.4, 0.5) is 4.39 Å². The van der Waals surface area contributed by atoms with E-state index in [9.17, 15) is 21.2 Å². The molecule has 1 fully saturated rings. The number of nitrogens with zero attached hydrogens (tertiary/aromatic N) is 2. The number of hydrogen-bond acceptors (Lipinski definition) is 4. The molecule has 1 aromatic carbocycles. The van der Waals surface area contributed by atoms with E-state index in [-0.39, 0.29) is 0 Å². The van der Waals surface area contributed by atoms with Gasteiger partial charge in [-0.25, -0.2) is 21.2 Å². The summed E-state index contributed by atoms with van der Waals surface area (Å²) in [5.74, 6) is -0.826. The highest BCUT2D eigenvalue weighted by Gasteiger charge is 2.47. The molecule has 1 aromatic rings. The number of rotatable bonds is 2. The van der Waals surface area contributed by atoms with Gasteiger partial charge in [0.15, 0.2) is 0 Å². The van der Waals surface area contributed by atoms with E-state index < -0.39 is 40.0 Å². The van der Waals surface area contributed by atoms with Crippen molar-refractivity contribution < 1.29 is 26.0 Å². The van der Waals surface area contributed by atoms with Crippen LogP contribution < -0.4 is 0 Å². The number of sulfone groups is 2. The van der Waals surface area contributed by atoms with Crippen LogP contribution in [-0.2, 0) is 19.7 Å². The number of halogens is 1. The monoisotopic (exact) mass is 346 g/mol. The second kappa shape index (κ2) is 6.28. The standard InChI is InChI=1S/C13H15FN2O4S2/c14-10-5-4-8-12(9-10)22(19,20)13(16-15)21(17,18)11-6-2-1-3-7-11/h4-5,8-9,11H,1-3,6-7H2. The van der Waals surface area contributed by atoms with Crippen molar-refractivity contribution in [3.8, 4) is 0 Å². The van der Waals surface area contributed by atoms with Crippen molar-refractivity contribution in [2.45, 2.75) is 42.2 Å². The van der Waals surface area contributed by atoms with Crippen molar-refractivity contribution in [2.75, 3.05) is 0 Å². The highest BCUT2D eigenvalue weighted by Crippen LogP contribution is 2.27. The van der Waals surface area contributed by atoms with E-state index in [1.165, 1.54) is 0 Å². The second-order valence-corrected chi connectivity index (χ2v) is 9.40. The average molecular weight is 346 g/mol. The van der Waals surface area contributed by atoms with Gasteiger partial charge < -0.3 is 5.53 Å². The van der Waals surface area contributed by atoms with Crippen LogP contribution in [0.3, 0.4) is 0 Å². The molecule has 0 amide bonds. The summed E-state index contributed by atoms with van der Waals surface area (Å²) < 4.78 is 61.5. The van der Waals surface area contributed by atoms with Gasteiger partial charge in [-0.15, -0.1) is 4.79 Å². The topological polar surface area (TPSA) is 105 Å². The second-order valence-electron chi connectivity index (χ2n) is 5.13. The van der Waals surface area contributed by atoms with Crippen molar-refractivity contribution in [1.82, 2.24) is 0 Å². The van der Waals surface area contributed by atoms with E-state index in [0.717, 1.165) is 24.6 Å². The molecule has 0 aromatic heterocycles. The first-order chi connectivity index (χ1) is 10.3. The fourth-order valence-corrected chi connectivity index (χ4v) is 6.62. The van der Waals surface area contributed by atoms with Gasteiger partial charge >= 0.3 is 4.38 Å². The minimum atomic E-state index is -4.61. The summed E-state index contributed by atoms with van der Waals surface area (Å²) >= 11 is 0. The van der Waals surface area contributed by atoms with E-state index >= 15 is 0 Å². The predicted octanol–water partition coefficient (Wildman–Crippen LogP) is 1.93. The molecule has 2 rings (SSSR count).